The van der Waals surface area contributed by atoms with Crippen molar-refractivity contribution in [1.29, 1.82) is 0 Å². The minimum absolute atomic E-state index is 0.0299. The molecule has 0 aromatic heterocycles. The van der Waals surface area contributed by atoms with Gasteiger partial charge in [-0.15, -0.1) is 0 Å². The summed E-state index contributed by atoms with van der Waals surface area (Å²) in [4.78, 5) is 35.6. The minimum Gasteiger partial charge on any atom is -0.462 e. The highest BCUT2D eigenvalue weighted by Crippen LogP contribution is 2.43. The summed E-state index contributed by atoms with van der Waals surface area (Å²) in [6.45, 7) is 4.33. The van der Waals surface area contributed by atoms with Crippen LogP contribution in [0.1, 0.15) is 226 Å². The molecule has 0 spiro atoms. The van der Waals surface area contributed by atoms with E-state index in [1.54, 1.807) is 0 Å². The topological polar surface area (TPSA) is 108 Å². The number of esters is 2. The maximum Gasteiger partial charge on any atom is 0.472 e. The van der Waals surface area contributed by atoms with Gasteiger partial charge in [0.25, 0.3) is 0 Å². The minimum atomic E-state index is -4.38. The molecule has 368 valence electrons. The second-order valence-electron chi connectivity index (χ2n) is 18.5. The summed E-state index contributed by atoms with van der Waals surface area (Å²) in [5.74, 6) is -0.800. The number of quaternary nitrogens is 1. The number of phosphoric acid groups is 1. The Labute approximate surface area is 388 Å². The van der Waals surface area contributed by atoms with Gasteiger partial charge in [0, 0.05) is 12.8 Å². The van der Waals surface area contributed by atoms with Gasteiger partial charge in [0.15, 0.2) is 6.10 Å². The number of carbonyl (C=O) groups is 2. The Bertz CT molecular complexity index is 1210. The molecular formula is C53H99NO8P+. The first kappa shape index (κ1) is 61.0. The van der Waals surface area contributed by atoms with E-state index in [0.717, 1.165) is 70.6 Å². The van der Waals surface area contributed by atoms with Crippen LogP contribution in [0.15, 0.2) is 48.6 Å². The fourth-order valence-electron chi connectivity index (χ4n) is 7.12. The Morgan fingerprint density at radius 2 is 0.905 bits per heavy atom. The van der Waals surface area contributed by atoms with Crippen LogP contribution in [0.5, 0.6) is 0 Å². The number of likely N-dealkylation sites (N-methyl/N-ethyl adjacent to an activating group) is 1. The molecule has 10 heteroatoms. The molecule has 0 aliphatic rings. The smallest absolute Gasteiger partial charge is 0.462 e. The number of ether oxygens (including phenoxy) is 2. The van der Waals surface area contributed by atoms with Crippen molar-refractivity contribution in [3.63, 3.8) is 0 Å². The molecule has 0 aliphatic carbocycles. The van der Waals surface area contributed by atoms with Gasteiger partial charge < -0.3 is 18.9 Å². The Balaban J connectivity index is 4.25. The number of hydrogen-bond donors (Lipinski definition) is 1. The molecule has 0 aliphatic heterocycles. The Morgan fingerprint density at radius 1 is 0.508 bits per heavy atom. The number of carbonyl (C=O) groups excluding carboxylic acids is 2. The number of nitrogens with zero attached hydrogens (tertiary/aromatic N) is 1. The van der Waals surface area contributed by atoms with E-state index in [0.29, 0.717) is 17.4 Å². The van der Waals surface area contributed by atoms with E-state index < -0.39 is 26.5 Å². The quantitative estimate of drug-likeness (QED) is 0.0211. The van der Waals surface area contributed by atoms with Gasteiger partial charge in [-0.3, -0.25) is 18.6 Å². The molecule has 0 bridgehead atoms. The van der Waals surface area contributed by atoms with Crippen LogP contribution in [0.2, 0.25) is 0 Å². The van der Waals surface area contributed by atoms with E-state index in [1.165, 1.54) is 122 Å². The SMILES string of the molecule is CC/C=C\C/C=C\C/C=C\C/C=C\CCCCCCCCCCC(=O)OC(COC(=O)CCCCCCCCCCCCCCCCCCCC)COP(=O)(O)OCC[N+](C)(C)C. The van der Waals surface area contributed by atoms with E-state index in [2.05, 4.69) is 62.5 Å². The number of allylic oxidation sites excluding steroid dienone is 8. The zero-order valence-electron chi connectivity index (χ0n) is 41.6. The summed E-state index contributed by atoms with van der Waals surface area (Å²) in [5, 5.41) is 0. The molecule has 0 rings (SSSR count). The molecule has 0 aromatic carbocycles. The summed E-state index contributed by atoms with van der Waals surface area (Å²) in [6.07, 6.45) is 54.4. The average Bonchev–Trinajstić information content (AvgIpc) is 3.24. The summed E-state index contributed by atoms with van der Waals surface area (Å²) in [5.41, 5.74) is 0. The third kappa shape index (κ3) is 49.2. The maximum atomic E-state index is 12.8. The number of unbranched alkanes of at least 4 members (excludes halogenated alkanes) is 25. The van der Waals surface area contributed by atoms with Gasteiger partial charge in [0.05, 0.1) is 27.7 Å². The molecule has 0 heterocycles. The molecule has 2 unspecified atom stereocenters. The van der Waals surface area contributed by atoms with Crippen molar-refractivity contribution in [3.05, 3.63) is 48.6 Å². The Morgan fingerprint density at radius 3 is 1.35 bits per heavy atom. The highest BCUT2D eigenvalue weighted by Gasteiger charge is 2.27. The van der Waals surface area contributed by atoms with Crippen molar-refractivity contribution >= 4 is 19.8 Å². The molecule has 1 N–H and O–H groups in total. The third-order valence-electron chi connectivity index (χ3n) is 11.1. The Kier molecular flexibility index (Phi) is 43.7. The predicted molar refractivity (Wildman–Crippen MR) is 266 cm³/mol. The Hall–Kier alpha value is -2.03. The summed E-state index contributed by atoms with van der Waals surface area (Å²) in [6, 6.07) is 0. The predicted octanol–water partition coefficient (Wildman–Crippen LogP) is 15.4. The van der Waals surface area contributed by atoms with Gasteiger partial charge >= 0.3 is 19.8 Å². The first-order valence-corrected chi connectivity index (χ1v) is 27.4. The normalized spacial score (nSPS) is 13.8. The summed E-state index contributed by atoms with van der Waals surface area (Å²) < 4.78 is 34.5. The van der Waals surface area contributed by atoms with Gasteiger partial charge in [-0.2, -0.15) is 0 Å². The van der Waals surface area contributed by atoms with Crippen LogP contribution in [0.3, 0.4) is 0 Å². The molecule has 0 fully saturated rings. The monoisotopic (exact) mass is 909 g/mol. The number of rotatable bonds is 47. The standard InChI is InChI=1S/C53H98NO8P/c1-6-8-10-12-14-16-18-20-22-24-26-27-28-30-32-34-36-38-40-42-44-46-53(56)62-51(50-61-63(57,58)60-48-47-54(3,4)5)49-59-52(55)45-43-41-39-37-35-33-31-29-25-23-21-19-17-15-13-11-9-7-2/h8,10,14,16,20,22,26-27,51H,6-7,9,11-13,15,17-19,21,23-25,28-50H2,1-5H3/p+1/b10-8-,16-14-,22-20-,27-26-. The van der Waals surface area contributed by atoms with E-state index in [1.807, 2.05) is 21.1 Å². The lowest BCUT2D eigenvalue weighted by molar-refractivity contribution is -0.870. The van der Waals surface area contributed by atoms with Crippen LogP contribution in [-0.2, 0) is 32.7 Å². The van der Waals surface area contributed by atoms with Gasteiger partial charge in [-0.1, -0.05) is 210 Å². The third-order valence-corrected chi connectivity index (χ3v) is 12.1. The average molecular weight is 909 g/mol. The van der Waals surface area contributed by atoms with Crippen LogP contribution >= 0.6 is 7.82 Å². The fourth-order valence-corrected chi connectivity index (χ4v) is 7.87. The molecule has 0 radical (unpaired) electrons. The van der Waals surface area contributed by atoms with Gasteiger partial charge in [-0.05, 0) is 51.4 Å². The second-order valence-corrected chi connectivity index (χ2v) is 20.0. The van der Waals surface area contributed by atoms with Crippen LogP contribution in [0, 0.1) is 0 Å². The molecule has 0 aromatic rings. The van der Waals surface area contributed by atoms with Crippen molar-refractivity contribution in [2.45, 2.75) is 232 Å². The van der Waals surface area contributed by atoms with Gasteiger partial charge in [0.2, 0.25) is 0 Å². The molecule has 2 atom stereocenters. The maximum absolute atomic E-state index is 12.8. The summed E-state index contributed by atoms with van der Waals surface area (Å²) >= 11 is 0. The highest BCUT2D eigenvalue weighted by atomic mass is 31.2. The van der Waals surface area contributed by atoms with Crippen molar-refractivity contribution in [2.24, 2.45) is 0 Å². The summed E-state index contributed by atoms with van der Waals surface area (Å²) in [7, 11) is 1.47. The molecule has 0 saturated carbocycles. The molecule has 9 nitrogen and oxygen atoms in total. The first-order chi connectivity index (χ1) is 30.5. The molecular weight excluding hydrogens is 810 g/mol. The van der Waals surface area contributed by atoms with E-state index in [-0.39, 0.29) is 32.0 Å². The van der Waals surface area contributed by atoms with Crippen molar-refractivity contribution in [2.75, 3.05) is 47.5 Å². The van der Waals surface area contributed by atoms with Crippen LogP contribution in [-0.4, -0.2) is 74.9 Å². The molecule has 0 saturated heterocycles. The molecule has 63 heavy (non-hydrogen) atoms. The lowest BCUT2D eigenvalue weighted by atomic mass is 10.0. The van der Waals surface area contributed by atoms with E-state index >= 15 is 0 Å². The molecule has 0 amide bonds. The number of phosphoric ester groups is 1. The lowest BCUT2D eigenvalue weighted by Crippen LogP contribution is -2.37. The van der Waals surface area contributed by atoms with Crippen LogP contribution < -0.4 is 0 Å². The zero-order chi connectivity index (χ0) is 46.4. The van der Waals surface area contributed by atoms with Crippen LogP contribution in [0.4, 0.5) is 0 Å². The zero-order valence-corrected chi connectivity index (χ0v) is 42.5. The van der Waals surface area contributed by atoms with Crippen molar-refractivity contribution in [1.82, 2.24) is 0 Å². The highest BCUT2D eigenvalue weighted by molar-refractivity contribution is 7.47. The van der Waals surface area contributed by atoms with Crippen LogP contribution in [0.25, 0.3) is 0 Å². The lowest BCUT2D eigenvalue weighted by Gasteiger charge is -2.24. The fraction of sp³-hybridized carbons (Fsp3) is 0.811. The number of hydrogen-bond acceptors (Lipinski definition) is 7. The second kappa shape index (κ2) is 45.1. The van der Waals surface area contributed by atoms with Crippen molar-refractivity contribution in [3.8, 4) is 0 Å². The largest absolute Gasteiger partial charge is 0.472 e. The van der Waals surface area contributed by atoms with Crippen molar-refractivity contribution < 1.29 is 42.1 Å². The van der Waals surface area contributed by atoms with Gasteiger partial charge in [0.1, 0.15) is 19.8 Å². The van der Waals surface area contributed by atoms with E-state index in [4.69, 9.17) is 18.5 Å². The van der Waals surface area contributed by atoms with E-state index in [9.17, 15) is 19.0 Å². The first-order valence-electron chi connectivity index (χ1n) is 25.9. The van der Waals surface area contributed by atoms with Gasteiger partial charge in [-0.25, -0.2) is 4.57 Å².